The first-order valence-electron chi connectivity index (χ1n) is 14.6. The zero-order valence-electron chi connectivity index (χ0n) is 23.7. The summed E-state index contributed by atoms with van der Waals surface area (Å²) in [6.07, 6.45) is 7.36. The average molecular weight is 580 g/mol. The zero-order chi connectivity index (χ0) is 29.6. The molecule has 0 saturated carbocycles. The highest BCUT2D eigenvalue weighted by Gasteiger charge is 2.48. The number of H-pyrrole nitrogens is 1. The highest BCUT2D eigenvalue weighted by atomic mass is 16.5. The quantitative estimate of drug-likeness (QED) is 0.114. The van der Waals surface area contributed by atoms with Crippen LogP contribution < -0.4 is 16.0 Å². The lowest BCUT2D eigenvalue weighted by molar-refractivity contribution is -0.204. The number of hydrogen-bond donors (Lipinski definition) is 8. The fraction of sp³-hybridized carbons (Fsp3) is 0.741. The van der Waals surface area contributed by atoms with Crippen LogP contribution in [-0.2, 0) is 14.3 Å². The normalized spacial score (nSPS) is 23.3. The molecule has 8 N–H and O–H groups in total. The van der Waals surface area contributed by atoms with Crippen molar-refractivity contribution in [3.8, 4) is 0 Å². The molecule has 2 amide bonds. The predicted molar refractivity (Wildman–Crippen MR) is 150 cm³/mol. The lowest BCUT2D eigenvalue weighted by Crippen LogP contribution is -2.68. The van der Waals surface area contributed by atoms with Gasteiger partial charge >= 0.3 is 0 Å². The number of anilines is 1. The Morgan fingerprint density at radius 3 is 2.34 bits per heavy atom. The molecule has 2 aromatic heterocycles. The molecule has 14 heteroatoms. The molecule has 0 aliphatic carbocycles. The number of nitrogens with one attached hydrogen (secondary N) is 4. The Morgan fingerprint density at radius 2 is 1.66 bits per heavy atom. The van der Waals surface area contributed by atoms with Crippen LogP contribution in [0.2, 0.25) is 0 Å². The number of ether oxygens (including phenoxy) is 1. The van der Waals surface area contributed by atoms with Gasteiger partial charge in [0.2, 0.25) is 11.8 Å². The third-order valence-corrected chi connectivity index (χ3v) is 7.29. The molecule has 3 heterocycles. The molecule has 0 bridgehead atoms. The van der Waals surface area contributed by atoms with Gasteiger partial charge in [0.1, 0.15) is 36.3 Å². The van der Waals surface area contributed by atoms with Gasteiger partial charge in [0, 0.05) is 6.42 Å². The Bertz CT molecular complexity index is 1070. The van der Waals surface area contributed by atoms with E-state index in [9.17, 15) is 30.0 Å². The third kappa shape index (κ3) is 9.85. The first-order chi connectivity index (χ1) is 19.8. The molecule has 3 rings (SSSR count). The summed E-state index contributed by atoms with van der Waals surface area (Å²) in [5.74, 6) is -0.669. The molecule has 6 atom stereocenters. The first kappa shape index (κ1) is 32.6. The molecule has 1 aliphatic rings. The lowest BCUT2D eigenvalue weighted by Gasteiger charge is -2.44. The Balaban J connectivity index is 1.43. The molecular formula is C27H45N7O7. The van der Waals surface area contributed by atoms with Crippen molar-refractivity contribution in [1.82, 2.24) is 30.6 Å². The molecule has 0 radical (unpaired) electrons. The number of aromatic nitrogens is 4. The molecule has 41 heavy (non-hydrogen) atoms. The van der Waals surface area contributed by atoms with E-state index in [2.05, 4.69) is 42.8 Å². The third-order valence-electron chi connectivity index (χ3n) is 7.29. The van der Waals surface area contributed by atoms with E-state index < -0.39 is 49.2 Å². The molecule has 0 aromatic carbocycles. The Morgan fingerprint density at radius 1 is 0.976 bits per heavy atom. The van der Waals surface area contributed by atoms with Gasteiger partial charge < -0.3 is 46.1 Å². The smallest absolute Gasteiger partial charge is 0.239 e. The molecule has 1 fully saturated rings. The van der Waals surface area contributed by atoms with Gasteiger partial charge in [0.25, 0.3) is 0 Å². The van der Waals surface area contributed by atoms with E-state index in [0.717, 1.165) is 25.7 Å². The molecular weight excluding hydrogens is 534 g/mol. The minimum absolute atomic E-state index is 0.230. The summed E-state index contributed by atoms with van der Waals surface area (Å²) in [5.41, 5.74) is 0.793. The molecule has 1 aliphatic heterocycles. The number of unbranched alkanes of at least 4 members (excludes halogenated alkanes) is 9. The van der Waals surface area contributed by atoms with Crippen LogP contribution in [0.5, 0.6) is 0 Å². The van der Waals surface area contributed by atoms with Crippen molar-refractivity contribution < 1.29 is 34.8 Å². The number of aliphatic hydroxyl groups excluding tert-OH is 4. The van der Waals surface area contributed by atoms with Crippen molar-refractivity contribution in [2.45, 2.75) is 114 Å². The molecule has 2 aromatic rings. The fourth-order valence-corrected chi connectivity index (χ4v) is 4.93. The van der Waals surface area contributed by atoms with E-state index in [4.69, 9.17) is 4.74 Å². The van der Waals surface area contributed by atoms with Crippen molar-refractivity contribution in [1.29, 1.82) is 0 Å². The standard InChI is InChI=1S/C27H45N7O7/c1-2-3-4-5-6-7-8-9-10-11-12-18(37)28-13-19(38)33-20-22(39)23(40)27(41-24(20)17(36)14-35)34-26-21-25(30-15-29-21)31-16-32-26/h15-17,20,22-24,27,35-36,39-40H,2-14H2,1H3,(H,28,37)(H,33,38)(H2,29,30,31,32,34)/t17-,20+,22+,23+,24-,27-/m0/s1. The SMILES string of the molecule is CCCCCCCCCCCCC(=O)NCC(=O)N[C@@H]1[C@@H](O)[C@@H](O)[C@@H](Nc2ncnc3nc[nH]c23)O[C@H]1[C@@H](O)CO. The van der Waals surface area contributed by atoms with Gasteiger partial charge in [-0.3, -0.25) is 9.59 Å². The van der Waals surface area contributed by atoms with Crippen molar-refractivity contribution >= 4 is 28.8 Å². The van der Waals surface area contributed by atoms with Crippen molar-refractivity contribution in [3.05, 3.63) is 12.7 Å². The number of aromatic amines is 1. The van der Waals surface area contributed by atoms with Crippen LogP contribution in [0, 0.1) is 0 Å². The summed E-state index contributed by atoms with van der Waals surface area (Å²) in [7, 11) is 0. The van der Waals surface area contributed by atoms with E-state index in [1.807, 2.05) is 0 Å². The summed E-state index contributed by atoms with van der Waals surface area (Å²) in [5, 5.41) is 49.4. The van der Waals surface area contributed by atoms with E-state index in [-0.39, 0.29) is 18.3 Å². The van der Waals surface area contributed by atoms with Crippen LogP contribution in [0.4, 0.5) is 5.82 Å². The second kappa shape index (κ2) is 17.1. The Labute approximate surface area is 239 Å². The maximum atomic E-state index is 12.6. The van der Waals surface area contributed by atoms with Gasteiger partial charge in [-0.1, -0.05) is 64.7 Å². The molecule has 14 nitrogen and oxygen atoms in total. The van der Waals surface area contributed by atoms with Crippen LogP contribution in [0.3, 0.4) is 0 Å². The molecule has 0 spiro atoms. The number of carbonyl (C=O) groups is 2. The minimum atomic E-state index is -1.59. The van der Waals surface area contributed by atoms with E-state index in [1.54, 1.807) is 0 Å². The van der Waals surface area contributed by atoms with Gasteiger partial charge in [-0.15, -0.1) is 0 Å². The summed E-state index contributed by atoms with van der Waals surface area (Å²) in [4.78, 5) is 39.8. The Hall–Kier alpha value is -2.91. The highest BCUT2D eigenvalue weighted by Crippen LogP contribution is 2.26. The van der Waals surface area contributed by atoms with Crippen LogP contribution in [-0.4, -0.2) is 102 Å². The second-order valence-electron chi connectivity index (χ2n) is 10.5. The van der Waals surface area contributed by atoms with Gasteiger partial charge in [-0.2, -0.15) is 0 Å². The van der Waals surface area contributed by atoms with Crippen molar-refractivity contribution in [3.63, 3.8) is 0 Å². The minimum Gasteiger partial charge on any atom is -0.394 e. The summed E-state index contributed by atoms with van der Waals surface area (Å²) < 4.78 is 5.78. The number of amides is 2. The van der Waals surface area contributed by atoms with E-state index >= 15 is 0 Å². The van der Waals surface area contributed by atoms with E-state index in [1.165, 1.54) is 51.2 Å². The number of carbonyl (C=O) groups excluding carboxylic acids is 2. The van der Waals surface area contributed by atoms with Gasteiger partial charge in [0.05, 0.1) is 25.5 Å². The largest absolute Gasteiger partial charge is 0.394 e. The maximum absolute atomic E-state index is 12.6. The van der Waals surface area contributed by atoms with Gasteiger partial charge in [-0.25, -0.2) is 15.0 Å². The van der Waals surface area contributed by atoms with E-state index in [0.29, 0.717) is 17.6 Å². The van der Waals surface area contributed by atoms with Crippen LogP contribution in [0.15, 0.2) is 12.7 Å². The fourth-order valence-electron chi connectivity index (χ4n) is 4.93. The van der Waals surface area contributed by atoms with Gasteiger partial charge in [0.15, 0.2) is 17.7 Å². The van der Waals surface area contributed by atoms with Crippen molar-refractivity contribution in [2.75, 3.05) is 18.5 Å². The summed E-state index contributed by atoms with van der Waals surface area (Å²) in [6.45, 7) is 1.14. The summed E-state index contributed by atoms with van der Waals surface area (Å²) >= 11 is 0. The van der Waals surface area contributed by atoms with Crippen molar-refractivity contribution in [2.24, 2.45) is 0 Å². The van der Waals surface area contributed by atoms with Crippen LogP contribution in [0.1, 0.15) is 77.6 Å². The monoisotopic (exact) mass is 579 g/mol. The average Bonchev–Trinajstić information content (AvgIpc) is 3.46. The number of imidazole rings is 1. The Kier molecular flexibility index (Phi) is 13.6. The maximum Gasteiger partial charge on any atom is 0.239 e. The molecule has 1 saturated heterocycles. The number of hydrogen-bond acceptors (Lipinski definition) is 11. The predicted octanol–water partition coefficient (Wildman–Crippen LogP) is 0.477. The molecule has 230 valence electrons. The number of rotatable bonds is 18. The number of nitrogens with zero attached hydrogens (tertiary/aromatic N) is 3. The second-order valence-corrected chi connectivity index (χ2v) is 10.5. The number of fused-ring (bicyclic) bond motifs is 1. The number of aliphatic hydroxyl groups is 4. The van der Waals surface area contributed by atoms with Crippen LogP contribution in [0.25, 0.3) is 11.2 Å². The highest BCUT2D eigenvalue weighted by molar-refractivity contribution is 5.85. The molecule has 0 unspecified atom stereocenters. The van der Waals surface area contributed by atoms with Crippen LogP contribution >= 0.6 is 0 Å². The summed E-state index contributed by atoms with van der Waals surface area (Å²) in [6, 6.07) is -1.27. The topological polar surface area (TPSA) is 215 Å². The zero-order valence-corrected chi connectivity index (χ0v) is 23.7. The lowest BCUT2D eigenvalue weighted by atomic mass is 9.92. The first-order valence-corrected chi connectivity index (χ1v) is 14.6. The van der Waals surface area contributed by atoms with Gasteiger partial charge in [-0.05, 0) is 6.42 Å².